The van der Waals surface area contributed by atoms with Crippen LogP contribution in [0.25, 0.3) is 0 Å². The van der Waals surface area contributed by atoms with E-state index in [-0.39, 0.29) is 0 Å². The van der Waals surface area contributed by atoms with Gasteiger partial charge in [-0.05, 0) is 34.0 Å². The number of halogens is 1. The van der Waals surface area contributed by atoms with Gasteiger partial charge in [-0.1, -0.05) is 24.3 Å². The molecule has 0 saturated heterocycles. The maximum Gasteiger partial charge on any atom is 0.224 e. The van der Waals surface area contributed by atoms with E-state index in [0.717, 1.165) is 29.9 Å². The van der Waals surface area contributed by atoms with Crippen LogP contribution in [0.2, 0.25) is 0 Å². The highest BCUT2D eigenvalue weighted by Gasteiger charge is 2.21. The van der Waals surface area contributed by atoms with Gasteiger partial charge in [0, 0.05) is 25.8 Å². The summed E-state index contributed by atoms with van der Waals surface area (Å²) in [6, 6.07) is 8.52. The topological polar surface area (TPSA) is 41.1 Å². The molecular weight excluding hydrogens is 304 g/mol. The molecule has 0 bridgehead atoms. The first kappa shape index (κ1) is 12.4. The number of fused-ring (bicyclic) bond motifs is 1. The van der Waals surface area contributed by atoms with Gasteiger partial charge in [-0.25, -0.2) is 4.98 Å². The monoisotopic (exact) mass is 318 g/mol. The zero-order valence-corrected chi connectivity index (χ0v) is 12.3. The molecule has 5 heteroatoms. The van der Waals surface area contributed by atoms with Crippen molar-refractivity contribution in [3.63, 3.8) is 0 Å². The lowest BCUT2D eigenvalue weighted by molar-refractivity contribution is 0.846. The Morgan fingerprint density at radius 3 is 2.58 bits per heavy atom. The average molecular weight is 319 g/mol. The molecule has 0 unspecified atom stereocenters. The fourth-order valence-electron chi connectivity index (χ4n) is 2.31. The van der Waals surface area contributed by atoms with Crippen LogP contribution in [0, 0.1) is 0 Å². The smallest absolute Gasteiger partial charge is 0.224 e. The molecule has 1 aromatic carbocycles. The van der Waals surface area contributed by atoms with Gasteiger partial charge < -0.3 is 10.2 Å². The largest absolute Gasteiger partial charge is 0.354 e. The number of hydrogen-bond acceptors (Lipinski definition) is 4. The van der Waals surface area contributed by atoms with Crippen molar-refractivity contribution in [1.82, 2.24) is 9.97 Å². The van der Waals surface area contributed by atoms with Gasteiger partial charge >= 0.3 is 0 Å². The van der Waals surface area contributed by atoms with Crippen molar-refractivity contribution in [3.05, 3.63) is 46.1 Å². The van der Waals surface area contributed by atoms with E-state index in [4.69, 9.17) is 0 Å². The van der Waals surface area contributed by atoms with Crippen LogP contribution < -0.4 is 10.2 Å². The van der Waals surface area contributed by atoms with Gasteiger partial charge in [0.2, 0.25) is 5.95 Å². The Kier molecular flexibility index (Phi) is 3.38. The summed E-state index contributed by atoms with van der Waals surface area (Å²) in [6.07, 6.45) is 1.81. The Balaban J connectivity index is 1.90. The molecule has 0 aliphatic carbocycles. The molecule has 0 atom stereocenters. The van der Waals surface area contributed by atoms with E-state index in [1.807, 2.05) is 13.1 Å². The van der Waals surface area contributed by atoms with Crippen LogP contribution in [0.1, 0.15) is 18.1 Å². The second-order valence-corrected chi connectivity index (χ2v) is 5.37. The third-order valence-electron chi connectivity index (χ3n) is 3.20. The van der Waals surface area contributed by atoms with Gasteiger partial charge in [-0.15, -0.1) is 0 Å². The summed E-state index contributed by atoms with van der Waals surface area (Å²) in [7, 11) is 0. The third-order valence-corrected chi connectivity index (χ3v) is 3.76. The van der Waals surface area contributed by atoms with E-state index < -0.39 is 0 Å². The Bertz CT molecular complexity index is 575. The maximum absolute atomic E-state index is 4.58. The van der Waals surface area contributed by atoms with Gasteiger partial charge in [-0.2, -0.15) is 4.98 Å². The van der Waals surface area contributed by atoms with E-state index in [9.17, 15) is 0 Å². The van der Waals surface area contributed by atoms with E-state index in [1.165, 1.54) is 11.1 Å². The molecule has 4 nitrogen and oxygen atoms in total. The SMILES string of the molecule is CCNc1ncc(Br)c(N2Cc3ccccc3C2)n1. The summed E-state index contributed by atoms with van der Waals surface area (Å²) in [4.78, 5) is 11.1. The highest BCUT2D eigenvalue weighted by atomic mass is 79.9. The van der Waals surface area contributed by atoms with Crippen LogP contribution in [0.5, 0.6) is 0 Å². The van der Waals surface area contributed by atoms with E-state index in [2.05, 4.69) is 60.4 Å². The number of nitrogens with zero attached hydrogens (tertiary/aromatic N) is 3. The molecule has 3 rings (SSSR count). The summed E-state index contributed by atoms with van der Waals surface area (Å²) in [5.41, 5.74) is 2.75. The molecule has 2 heterocycles. The highest BCUT2D eigenvalue weighted by Crippen LogP contribution is 2.31. The minimum atomic E-state index is 0.677. The molecule has 0 saturated carbocycles. The fraction of sp³-hybridized carbons (Fsp3) is 0.286. The van der Waals surface area contributed by atoms with Crippen LogP contribution in [0.4, 0.5) is 11.8 Å². The summed E-state index contributed by atoms with van der Waals surface area (Å²) in [5, 5.41) is 3.15. The first-order valence-corrected chi connectivity index (χ1v) is 7.15. The van der Waals surface area contributed by atoms with Crippen molar-refractivity contribution >= 4 is 27.7 Å². The number of anilines is 2. The minimum absolute atomic E-state index is 0.677. The van der Waals surface area contributed by atoms with E-state index in [0.29, 0.717) is 5.95 Å². The van der Waals surface area contributed by atoms with Gasteiger partial charge in [0.25, 0.3) is 0 Å². The molecule has 19 heavy (non-hydrogen) atoms. The Hall–Kier alpha value is -1.62. The van der Waals surface area contributed by atoms with Crippen molar-refractivity contribution < 1.29 is 0 Å². The number of aromatic nitrogens is 2. The fourth-order valence-corrected chi connectivity index (χ4v) is 2.75. The van der Waals surface area contributed by atoms with Crippen LogP contribution >= 0.6 is 15.9 Å². The Morgan fingerprint density at radius 2 is 1.95 bits per heavy atom. The molecule has 0 amide bonds. The lowest BCUT2D eigenvalue weighted by atomic mass is 10.1. The number of benzene rings is 1. The van der Waals surface area contributed by atoms with Gasteiger partial charge in [0.05, 0.1) is 4.47 Å². The lowest BCUT2D eigenvalue weighted by Crippen LogP contribution is -2.17. The van der Waals surface area contributed by atoms with Crippen LogP contribution in [0.15, 0.2) is 34.9 Å². The summed E-state index contributed by atoms with van der Waals surface area (Å²) in [6.45, 7) is 4.66. The first-order valence-electron chi connectivity index (χ1n) is 6.36. The molecule has 2 aromatic rings. The number of hydrogen-bond donors (Lipinski definition) is 1. The third kappa shape index (κ3) is 2.42. The average Bonchev–Trinajstić information content (AvgIpc) is 2.85. The summed E-state index contributed by atoms with van der Waals surface area (Å²) >= 11 is 3.54. The van der Waals surface area contributed by atoms with Gasteiger partial charge in [-0.3, -0.25) is 0 Å². The molecule has 0 fully saturated rings. The van der Waals surface area contributed by atoms with E-state index in [1.54, 1.807) is 0 Å². The van der Waals surface area contributed by atoms with Crippen LogP contribution in [0.3, 0.4) is 0 Å². The van der Waals surface area contributed by atoms with Crippen LogP contribution in [-0.4, -0.2) is 16.5 Å². The van der Waals surface area contributed by atoms with Crippen LogP contribution in [-0.2, 0) is 13.1 Å². The molecule has 0 spiro atoms. The standard InChI is InChI=1S/C14H15BrN4/c1-2-16-14-17-7-12(15)13(18-14)19-8-10-5-3-4-6-11(10)9-19/h3-7H,2,8-9H2,1H3,(H,16,17,18). The van der Waals surface area contributed by atoms with E-state index >= 15 is 0 Å². The maximum atomic E-state index is 4.58. The molecule has 1 aliphatic heterocycles. The molecule has 98 valence electrons. The first-order chi connectivity index (χ1) is 9.28. The predicted molar refractivity (Wildman–Crippen MR) is 80.2 cm³/mol. The van der Waals surface area contributed by atoms with Crippen molar-refractivity contribution in [2.45, 2.75) is 20.0 Å². The Labute approximate surface area is 121 Å². The summed E-state index contributed by atoms with van der Waals surface area (Å²) < 4.78 is 0.932. The minimum Gasteiger partial charge on any atom is -0.354 e. The van der Waals surface area contributed by atoms with Crippen molar-refractivity contribution in [2.75, 3.05) is 16.8 Å². The predicted octanol–water partition coefficient (Wildman–Crippen LogP) is 3.19. The molecule has 1 aliphatic rings. The molecule has 1 N–H and O–H groups in total. The lowest BCUT2D eigenvalue weighted by Gasteiger charge is -2.18. The quantitative estimate of drug-likeness (QED) is 0.943. The van der Waals surface area contributed by atoms with Crippen molar-refractivity contribution in [2.24, 2.45) is 0 Å². The van der Waals surface area contributed by atoms with Crippen molar-refractivity contribution in [1.29, 1.82) is 0 Å². The molecule has 1 aromatic heterocycles. The van der Waals surface area contributed by atoms with Gasteiger partial charge in [0.15, 0.2) is 0 Å². The Morgan fingerprint density at radius 1 is 1.26 bits per heavy atom. The normalized spacial score (nSPS) is 13.5. The zero-order chi connectivity index (χ0) is 13.2. The zero-order valence-electron chi connectivity index (χ0n) is 10.7. The second-order valence-electron chi connectivity index (χ2n) is 4.52. The second kappa shape index (κ2) is 5.17. The van der Waals surface area contributed by atoms with Gasteiger partial charge in [0.1, 0.15) is 5.82 Å². The highest BCUT2D eigenvalue weighted by molar-refractivity contribution is 9.10. The number of rotatable bonds is 3. The molecule has 0 radical (unpaired) electrons. The molecular formula is C14H15BrN4. The summed E-state index contributed by atoms with van der Waals surface area (Å²) in [5.74, 6) is 1.62. The number of nitrogens with one attached hydrogen (secondary N) is 1. The van der Waals surface area contributed by atoms with Crippen molar-refractivity contribution in [3.8, 4) is 0 Å².